The summed E-state index contributed by atoms with van der Waals surface area (Å²) in [5.41, 5.74) is 0. The van der Waals surface area contributed by atoms with E-state index in [0.29, 0.717) is 0 Å². The van der Waals surface area contributed by atoms with Gasteiger partial charge in [-0.05, 0) is 20.2 Å². The molecule has 0 fully saturated rings. The van der Waals surface area contributed by atoms with E-state index >= 15 is 0 Å². The molecule has 10 heteroatoms. The van der Waals surface area contributed by atoms with Gasteiger partial charge in [0.2, 0.25) is 0 Å². The van der Waals surface area contributed by atoms with Gasteiger partial charge in [0.05, 0.1) is 6.10 Å². The highest BCUT2D eigenvalue weighted by Gasteiger charge is 2.74. The first-order chi connectivity index (χ1) is 8.23. The molecule has 0 aliphatic rings. The number of alkyl halides is 7. The lowest BCUT2D eigenvalue weighted by atomic mass is 10.1. The molecule has 0 aromatic rings. The van der Waals surface area contributed by atoms with Crippen molar-refractivity contribution in [2.75, 3.05) is 20.6 Å². The molecule has 0 spiro atoms. The Morgan fingerprint density at radius 2 is 1.53 bits per heavy atom. The first kappa shape index (κ1) is 18.1. The molecule has 2 nitrogen and oxygen atoms in total. The van der Waals surface area contributed by atoms with Crippen LogP contribution in [-0.4, -0.2) is 54.8 Å². The van der Waals surface area contributed by atoms with Crippen LogP contribution in [0.5, 0.6) is 0 Å². The molecule has 1 unspecified atom stereocenters. The summed E-state index contributed by atoms with van der Waals surface area (Å²) in [7, 11) is 2.69. The molecule has 0 amide bonds. The van der Waals surface area contributed by atoms with Crippen LogP contribution in [0, 0.1) is 0 Å². The van der Waals surface area contributed by atoms with E-state index in [1.807, 2.05) is 0 Å². The van der Waals surface area contributed by atoms with Gasteiger partial charge in [0.15, 0.2) is 5.83 Å². The molecule has 19 heavy (non-hydrogen) atoms. The van der Waals surface area contributed by atoms with Crippen molar-refractivity contribution in [3.8, 4) is 0 Å². The van der Waals surface area contributed by atoms with Crippen molar-refractivity contribution in [2.24, 2.45) is 0 Å². The fourth-order valence-corrected chi connectivity index (χ4v) is 1.03. The molecular weight excluding hydrogens is 290 g/mol. The van der Waals surface area contributed by atoms with E-state index in [-0.39, 0.29) is 6.08 Å². The number of halogens is 8. The molecule has 0 rings (SSSR count). The maximum absolute atomic E-state index is 12.9. The third-order valence-electron chi connectivity index (χ3n) is 1.94. The monoisotopic (exact) mass is 301 g/mol. The molecule has 114 valence electrons. The van der Waals surface area contributed by atoms with Crippen LogP contribution in [-0.2, 0) is 0 Å². The third-order valence-corrected chi connectivity index (χ3v) is 1.94. The normalized spacial score (nSPS) is 16.9. The number of nitrogens with zero attached hydrogens (tertiary/aromatic N) is 1. The zero-order chi connectivity index (χ0) is 15.6. The van der Waals surface area contributed by atoms with E-state index in [4.69, 9.17) is 5.11 Å². The lowest BCUT2D eigenvalue weighted by molar-refractivity contribution is -0.347. The minimum atomic E-state index is -6.62. The zero-order valence-corrected chi connectivity index (χ0v) is 9.78. The van der Waals surface area contributed by atoms with Gasteiger partial charge in [0.25, 0.3) is 0 Å². The highest BCUT2D eigenvalue weighted by Crippen LogP contribution is 2.50. The number of rotatable bonds is 5. The van der Waals surface area contributed by atoms with Crippen LogP contribution < -0.4 is 0 Å². The number of allylic oxidation sites excluding steroid dienone is 1. The highest BCUT2D eigenvalue weighted by molar-refractivity contribution is 5.14. The summed E-state index contributed by atoms with van der Waals surface area (Å²) in [4.78, 5) is 1.19. The van der Waals surface area contributed by atoms with Gasteiger partial charge in [0, 0.05) is 6.54 Å². The largest absolute Gasteiger partial charge is 0.460 e. The van der Waals surface area contributed by atoms with E-state index in [1.165, 1.54) is 19.0 Å². The molecule has 1 atom stereocenters. The Bertz CT molecular complexity index is 336. The van der Waals surface area contributed by atoms with Crippen molar-refractivity contribution < 1.29 is 40.2 Å². The molecule has 0 aromatic carbocycles. The molecular formula is C9H11F8NO. The van der Waals surface area contributed by atoms with Crippen LogP contribution in [0.4, 0.5) is 35.1 Å². The van der Waals surface area contributed by atoms with E-state index in [9.17, 15) is 35.1 Å². The highest BCUT2D eigenvalue weighted by atomic mass is 19.4. The third kappa shape index (κ3) is 4.03. The molecule has 0 radical (unpaired) electrons. The minimum absolute atomic E-state index is 0.375. The Hall–Kier alpha value is -0.900. The predicted octanol–water partition coefficient (Wildman–Crippen LogP) is 2.60. The Morgan fingerprint density at radius 3 is 1.84 bits per heavy atom. The van der Waals surface area contributed by atoms with Gasteiger partial charge in [-0.15, -0.1) is 0 Å². The molecule has 0 heterocycles. The minimum Gasteiger partial charge on any atom is -0.388 e. The van der Waals surface area contributed by atoms with Gasteiger partial charge in [-0.1, -0.05) is 0 Å². The van der Waals surface area contributed by atoms with Crippen molar-refractivity contribution in [1.82, 2.24) is 4.90 Å². The summed E-state index contributed by atoms with van der Waals surface area (Å²) in [5, 5.41) is 9.00. The summed E-state index contributed by atoms with van der Waals surface area (Å²) in [6.45, 7) is -0.429. The van der Waals surface area contributed by atoms with Crippen LogP contribution in [0.15, 0.2) is 11.9 Å². The summed E-state index contributed by atoms with van der Waals surface area (Å²) in [6, 6.07) is 0. The first-order valence-electron chi connectivity index (χ1n) is 4.76. The van der Waals surface area contributed by atoms with Gasteiger partial charge in [-0.3, -0.25) is 0 Å². The van der Waals surface area contributed by atoms with Crippen LogP contribution in [0.25, 0.3) is 0 Å². The number of aliphatic hydroxyl groups is 1. The average Bonchev–Trinajstić information content (AvgIpc) is 2.13. The summed E-state index contributed by atoms with van der Waals surface area (Å²) in [6.07, 6.45) is -8.95. The maximum atomic E-state index is 12.9. The topological polar surface area (TPSA) is 23.5 Å². The second-order valence-corrected chi connectivity index (χ2v) is 3.99. The molecule has 0 aliphatic carbocycles. The second kappa shape index (κ2) is 5.61. The number of hydrogen-bond acceptors (Lipinski definition) is 2. The summed E-state index contributed by atoms with van der Waals surface area (Å²) < 4.78 is 98.4. The van der Waals surface area contributed by atoms with Gasteiger partial charge >= 0.3 is 18.0 Å². The summed E-state index contributed by atoms with van der Waals surface area (Å²) >= 11 is 0. The number of likely N-dealkylation sites (N-methyl/N-ethyl adjacent to an activating group) is 1. The van der Waals surface area contributed by atoms with E-state index < -0.39 is 36.5 Å². The van der Waals surface area contributed by atoms with E-state index in [1.54, 1.807) is 0 Å². The standard InChI is InChI=1S/C9H11F8NO/c1-18(2)4-5(19)3-6(10)7(11,12)8(13,14)9(15,16)17/h3,5,19H,4H2,1-2H3. The van der Waals surface area contributed by atoms with Gasteiger partial charge in [-0.25, -0.2) is 4.39 Å². The Labute approximate surface area is 103 Å². The summed E-state index contributed by atoms with van der Waals surface area (Å²) in [5.74, 6) is -15.7. The smallest absolute Gasteiger partial charge is 0.388 e. The van der Waals surface area contributed by atoms with Crippen molar-refractivity contribution in [2.45, 2.75) is 24.1 Å². The Kier molecular flexibility index (Phi) is 5.35. The van der Waals surface area contributed by atoms with Gasteiger partial charge in [-0.2, -0.15) is 30.7 Å². The predicted molar refractivity (Wildman–Crippen MR) is 49.7 cm³/mol. The van der Waals surface area contributed by atoms with Gasteiger partial charge < -0.3 is 10.0 Å². The SMILES string of the molecule is CN(C)CC(O)C=C(F)C(F)(F)C(F)(F)C(F)(F)F. The van der Waals surface area contributed by atoms with Gasteiger partial charge in [0.1, 0.15) is 0 Å². The number of aliphatic hydroxyl groups excluding tert-OH is 1. The second-order valence-electron chi connectivity index (χ2n) is 3.99. The molecule has 0 aliphatic heterocycles. The molecule has 0 saturated carbocycles. The number of hydrogen-bond donors (Lipinski definition) is 1. The van der Waals surface area contributed by atoms with Crippen molar-refractivity contribution in [1.29, 1.82) is 0 Å². The lowest BCUT2D eigenvalue weighted by Gasteiger charge is -2.27. The van der Waals surface area contributed by atoms with Crippen molar-refractivity contribution in [3.05, 3.63) is 11.9 Å². The fraction of sp³-hybridized carbons (Fsp3) is 0.778. The molecule has 0 saturated heterocycles. The van der Waals surface area contributed by atoms with Crippen LogP contribution in [0.1, 0.15) is 0 Å². The van der Waals surface area contributed by atoms with E-state index in [2.05, 4.69) is 0 Å². The lowest BCUT2D eigenvalue weighted by Crippen LogP contribution is -2.52. The van der Waals surface area contributed by atoms with Crippen LogP contribution in [0.3, 0.4) is 0 Å². The van der Waals surface area contributed by atoms with Crippen LogP contribution in [0.2, 0.25) is 0 Å². The fourth-order valence-electron chi connectivity index (χ4n) is 1.03. The zero-order valence-electron chi connectivity index (χ0n) is 9.78. The Morgan fingerprint density at radius 1 is 1.11 bits per heavy atom. The average molecular weight is 301 g/mol. The van der Waals surface area contributed by atoms with Crippen LogP contribution >= 0.6 is 0 Å². The molecule has 1 N–H and O–H groups in total. The van der Waals surface area contributed by atoms with Crippen molar-refractivity contribution in [3.63, 3.8) is 0 Å². The Balaban J connectivity index is 5.26. The first-order valence-corrected chi connectivity index (χ1v) is 4.76. The molecule has 0 aromatic heterocycles. The van der Waals surface area contributed by atoms with E-state index in [0.717, 1.165) is 0 Å². The quantitative estimate of drug-likeness (QED) is 0.789. The maximum Gasteiger partial charge on any atom is 0.460 e. The molecule has 0 bridgehead atoms. The van der Waals surface area contributed by atoms with Crippen molar-refractivity contribution >= 4 is 0 Å².